The van der Waals surface area contributed by atoms with Crippen molar-refractivity contribution < 1.29 is 31.1 Å². The monoisotopic (exact) mass is 656 g/mol. The molecule has 0 radical (unpaired) electrons. The number of anilines is 2. The van der Waals surface area contributed by atoms with Crippen molar-refractivity contribution in [3.8, 4) is 23.7 Å². The third-order valence-electron chi connectivity index (χ3n) is 8.91. The minimum atomic E-state index is -4.46. The van der Waals surface area contributed by atoms with Gasteiger partial charge in [-0.25, -0.2) is 13.6 Å². The average molecular weight is 657 g/mol. The van der Waals surface area contributed by atoms with Crippen LogP contribution in [0.25, 0.3) is 10.9 Å². The highest BCUT2D eigenvalue weighted by Crippen LogP contribution is 2.41. The maximum Gasteiger partial charge on any atom is 0.406 e. The van der Waals surface area contributed by atoms with Gasteiger partial charge in [0.1, 0.15) is 18.4 Å². The van der Waals surface area contributed by atoms with Gasteiger partial charge >= 0.3 is 6.18 Å². The van der Waals surface area contributed by atoms with Gasteiger partial charge in [-0.05, 0) is 61.9 Å². The molecule has 14 heteroatoms. The van der Waals surface area contributed by atoms with Gasteiger partial charge in [0, 0.05) is 47.7 Å². The molecule has 3 aromatic rings. The summed E-state index contributed by atoms with van der Waals surface area (Å²) in [7, 11) is -4.01. The summed E-state index contributed by atoms with van der Waals surface area (Å²) in [5, 5.41) is 21.3. The van der Waals surface area contributed by atoms with Crippen LogP contribution in [0, 0.1) is 28.6 Å². The summed E-state index contributed by atoms with van der Waals surface area (Å²) in [5.74, 6) is 5.81. The number of alkyl halides is 3. The van der Waals surface area contributed by atoms with E-state index in [0.29, 0.717) is 28.0 Å². The lowest BCUT2D eigenvalue weighted by Crippen LogP contribution is -2.68. The number of nitrogens with two attached hydrogens (primary N) is 1. The van der Waals surface area contributed by atoms with Gasteiger partial charge in [0.15, 0.2) is 6.61 Å². The number of hydrogen-bond donors (Lipinski definition) is 3. The van der Waals surface area contributed by atoms with Crippen LogP contribution in [0.5, 0.6) is 5.75 Å². The molecule has 4 N–H and O–H groups in total. The van der Waals surface area contributed by atoms with Crippen LogP contribution in [0.1, 0.15) is 31.4 Å². The van der Waals surface area contributed by atoms with E-state index >= 15 is 0 Å². The van der Waals surface area contributed by atoms with Crippen LogP contribution in [0.3, 0.4) is 0 Å². The molecule has 0 unspecified atom stereocenters. The van der Waals surface area contributed by atoms with Crippen LogP contribution in [0.15, 0.2) is 47.4 Å². The summed E-state index contributed by atoms with van der Waals surface area (Å²) in [5.41, 5.74) is 2.17. The maximum absolute atomic E-state index is 13.7. The van der Waals surface area contributed by atoms with Crippen LogP contribution < -0.4 is 20.5 Å². The third-order valence-corrected chi connectivity index (χ3v) is 9.82. The Hall–Kier alpha value is -3.95. The molecule has 2 aromatic carbocycles. The average Bonchev–Trinajstić information content (AvgIpc) is 3.30. The Kier molecular flexibility index (Phi) is 8.83. The van der Waals surface area contributed by atoms with Crippen molar-refractivity contribution in [1.82, 2.24) is 9.47 Å². The number of aromatic nitrogens is 1. The van der Waals surface area contributed by atoms with Crippen molar-refractivity contribution in [2.75, 3.05) is 50.1 Å². The van der Waals surface area contributed by atoms with Gasteiger partial charge in [-0.3, -0.25) is 4.90 Å². The van der Waals surface area contributed by atoms with E-state index in [2.05, 4.69) is 27.4 Å². The lowest BCUT2D eigenvalue weighted by molar-refractivity contribution is -0.200. The quantitative estimate of drug-likeness (QED) is 0.291. The second-order valence-corrected chi connectivity index (χ2v) is 13.9. The zero-order valence-electron chi connectivity index (χ0n) is 25.1. The minimum absolute atomic E-state index is 0.00465. The Balaban J connectivity index is 1.16. The molecule has 2 aliphatic heterocycles. The Labute approximate surface area is 265 Å². The standard InChI is InChI=1S/C32H35F3N6O4S/c33-32(34,35)19-41-24(3-2-13-38-28-11-10-25(46(37,42)43)16-30(28)45-14-12-36)15-26-27(4-1-5-29(26)41)39-22-6-8-23(9-7-22)40-17-31(18-40)20-44-21-31/h1,4-5,10-11,15-16,22-23,38-39H,6-9,13-14,17-21H2,(H2,37,42,43). The highest BCUT2D eigenvalue weighted by molar-refractivity contribution is 7.89. The maximum atomic E-state index is 13.7. The SMILES string of the molecule is N#CCOc1cc(S(N)(=O)=O)ccc1NCC#Cc1cc2c(NC3CCC(N4CC5(COC5)C4)CC3)cccc2n1CC(F)(F)F. The first kappa shape index (κ1) is 32.0. The smallest absolute Gasteiger partial charge is 0.406 e. The molecule has 46 heavy (non-hydrogen) atoms. The van der Waals surface area contributed by atoms with Crippen LogP contribution in [-0.4, -0.2) is 75.6 Å². The fourth-order valence-corrected chi connectivity index (χ4v) is 7.17. The number of nitrogens with one attached hydrogen (secondary N) is 2. The zero-order chi connectivity index (χ0) is 32.5. The predicted octanol–water partition coefficient (Wildman–Crippen LogP) is 4.27. The lowest BCUT2D eigenvalue weighted by Gasteiger charge is -2.58. The zero-order valence-corrected chi connectivity index (χ0v) is 25.9. The fraction of sp³-hybridized carbons (Fsp3) is 0.469. The van der Waals surface area contributed by atoms with E-state index in [4.69, 9.17) is 19.9 Å². The van der Waals surface area contributed by atoms with E-state index in [1.54, 1.807) is 18.2 Å². The highest BCUT2D eigenvalue weighted by atomic mass is 32.2. The molecular formula is C32H35F3N6O4S. The summed E-state index contributed by atoms with van der Waals surface area (Å²) >= 11 is 0. The van der Waals surface area contributed by atoms with Crippen LogP contribution in [0.2, 0.25) is 0 Å². The summed E-state index contributed by atoms with van der Waals surface area (Å²) < 4.78 is 76.4. The van der Waals surface area contributed by atoms with Crippen molar-refractivity contribution in [3.63, 3.8) is 0 Å². The summed E-state index contributed by atoms with van der Waals surface area (Å²) in [6.07, 6.45) is -0.321. The number of benzene rings is 2. The number of ether oxygens (including phenoxy) is 2. The number of halogens is 3. The van der Waals surface area contributed by atoms with Crippen molar-refractivity contribution in [3.05, 3.63) is 48.2 Å². The molecule has 3 aliphatic rings. The Bertz CT molecular complexity index is 1800. The number of hydrogen-bond acceptors (Lipinski definition) is 8. The van der Waals surface area contributed by atoms with Crippen molar-refractivity contribution >= 4 is 32.3 Å². The van der Waals surface area contributed by atoms with Crippen molar-refractivity contribution in [2.45, 2.75) is 55.4 Å². The molecule has 2 saturated heterocycles. The minimum Gasteiger partial charge on any atom is -0.477 e. The van der Waals surface area contributed by atoms with Gasteiger partial charge in [0.05, 0.1) is 41.6 Å². The van der Waals surface area contributed by atoms with Gasteiger partial charge < -0.3 is 24.7 Å². The summed E-state index contributed by atoms with van der Waals surface area (Å²) in [6.45, 7) is 2.45. The Morgan fingerprint density at radius 3 is 2.50 bits per heavy atom. The normalized spacial score (nSPS) is 21.0. The van der Waals surface area contributed by atoms with Crippen molar-refractivity contribution in [2.24, 2.45) is 10.6 Å². The first-order valence-corrected chi connectivity index (χ1v) is 16.6. The predicted molar refractivity (Wildman–Crippen MR) is 167 cm³/mol. The Morgan fingerprint density at radius 2 is 1.85 bits per heavy atom. The molecule has 3 fully saturated rings. The first-order valence-electron chi connectivity index (χ1n) is 15.1. The van der Waals surface area contributed by atoms with Crippen LogP contribution in [0.4, 0.5) is 24.5 Å². The number of nitrogens with zero attached hydrogens (tertiary/aromatic N) is 3. The van der Waals surface area contributed by atoms with Crippen LogP contribution >= 0.6 is 0 Å². The van der Waals surface area contributed by atoms with E-state index in [1.165, 1.54) is 22.8 Å². The van der Waals surface area contributed by atoms with E-state index in [9.17, 15) is 21.6 Å². The van der Waals surface area contributed by atoms with E-state index < -0.39 is 22.7 Å². The molecule has 1 saturated carbocycles. The molecule has 244 valence electrons. The third kappa shape index (κ3) is 7.05. The molecule has 10 nitrogen and oxygen atoms in total. The number of rotatable bonds is 9. The molecule has 1 spiro atoms. The van der Waals surface area contributed by atoms with Crippen molar-refractivity contribution in [1.29, 1.82) is 5.26 Å². The molecule has 1 aliphatic carbocycles. The van der Waals surface area contributed by atoms with Crippen LogP contribution in [-0.2, 0) is 21.3 Å². The second kappa shape index (κ2) is 12.7. The molecule has 0 amide bonds. The topological polar surface area (TPSA) is 135 Å². The second-order valence-electron chi connectivity index (χ2n) is 12.3. The molecule has 0 atom stereocenters. The molecular weight excluding hydrogens is 621 g/mol. The fourth-order valence-electron chi connectivity index (χ4n) is 6.64. The summed E-state index contributed by atoms with van der Waals surface area (Å²) in [4.78, 5) is 2.37. The van der Waals surface area contributed by atoms with Gasteiger partial charge in [-0.1, -0.05) is 12.0 Å². The number of fused-ring (bicyclic) bond motifs is 1. The largest absolute Gasteiger partial charge is 0.477 e. The molecule has 6 rings (SSSR count). The van der Waals surface area contributed by atoms with E-state index in [-0.39, 0.29) is 35.5 Å². The van der Waals surface area contributed by atoms with Gasteiger partial charge in [0.25, 0.3) is 0 Å². The highest BCUT2D eigenvalue weighted by Gasteiger charge is 2.50. The van der Waals surface area contributed by atoms with Gasteiger partial charge in [-0.15, -0.1) is 0 Å². The van der Waals surface area contributed by atoms with Gasteiger partial charge in [-0.2, -0.15) is 18.4 Å². The Morgan fingerprint density at radius 1 is 1.09 bits per heavy atom. The molecule has 1 aromatic heterocycles. The van der Waals surface area contributed by atoms with E-state index in [0.717, 1.165) is 57.7 Å². The number of sulfonamides is 1. The first-order chi connectivity index (χ1) is 21.9. The van der Waals surface area contributed by atoms with E-state index in [1.807, 2.05) is 12.1 Å². The number of primary sulfonamides is 1. The van der Waals surface area contributed by atoms with Gasteiger partial charge in [0.2, 0.25) is 10.0 Å². The summed E-state index contributed by atoms with van der Waals surface area (Å²) in [6, 6.07) is 13.5. The number of likely N-dealkylation sites (tertiary alicyclic amines) is 1. The molecule has 3 heterocycles. The number of nitriles is 1. The lowest BCUT2D eigenvalue weighted by atomic mass is 9.75. The molecule has 0 bridgehead atoms.